The van der Waals surface area contributed by atoms with Gasteiger partial charge < -0.3 is 9.84 Å². The van der Waals surface area contributed by atoms with E-state index in [1.807, 2.05) is 60.7 Å². The van der Waals surface area contributed by atoms with E-state index in [2.05, 4.69) is 26.5 Å². The van der Waals surface area contributed by atoms with E-state index in [1.165, 1.54) is 0 Å². The van der Waals surface area contributed by atoms with Gasteiger partial charge in [0.2, 0.25) is 0 Å². The number of rotatable bonds is 5. The topological polar surface area (TPSA) is 37.5 Å². The van der Waals surface area contributed by atoms with Crippen LogP contribution in [0.25, 0.3) is 11.3 Å². The molecular weight excluding hydrogens is 376 g/mol. The Hall–Kier alpha value is -2.04. The molecule has 5 heteroatoms. The molecule has 0 spiro atoms. The maximum Gasteiger partial charge on any atom is 0.147 e. The first-order valence-corrected chi connectivity index (χ1v) is 8.24. The molecule has 0 fully saturated rings. The second kappa shape index (κ2) is 7.49. The molecule has 1 heterocycles. The first kappa shape index (κ1) is 15.8. The van der Waals surface area contributed by atoms with E-state index < -0.39 is 0 Å². The Labute approximate surface area is 148 Å². The number of nitrogens with zero attached hydrogens (tertiary/aromatic N) is 1. The Morgan fingerprint density at radius 2 is 1.83 bits per heavy atom. The molecule has 0 amide bonds. The van der Waals surface area contributed by atoms with Crippen molar-refractivity contribution in [3.8, 4) is 11.3 Å². The van der Waals surface area contributed by atoms with Crippen LogP contribution in [0.15, 0.2) is 74.7 Å². The van der Waals surface area contributed by atoms with Crippen LogP contribution in [0.3, 0.4) is 0 Å². The maximum atomic E-state index is 6.09. The smallest absolute Gasteiger partial charge is 0.147 e. The van der Waals surface area contributed by atoms with Gasteiger partial charge in [0.05, 0.1) is 12.8 Å². The summed E-state index contributed by atoms with van der Waals surface area (Å²) in [4.78, 5) is 0. The molecule has 0 bridgehead atoms. The lowest BCUT2D eigenvalue weighted by atomic mass is 10.2. The third-order valence-corrected chi connectivity index (χ3v) is 4.16. The van der Waals surface area contributed by atoms with E-state index in [-0.39, 0.29) is 0 Å². The minimum absolute atomic E-state index is 0.566. The Morgan fingerprint density at radius 3 is 2.61 bits per heavy atom. The summed E-state index contributed by atoms with van der Waals surface area (Å²) < 4.78 is 6.80. The summed E-state index contributed by atoms with van der Waals surface area (Å²) in [7, 11) is 0. The Balaban J connectivity index is 1.60. The highest BCUT2D eigenvalue weighted by molar-refractivity contribution is 9.10. The molecule has 0 saturated carbocycles. The van der Waals surface area contributed by atoms with E-state index in [4.69, 9.17) is 16.0 Å². The Bertz CT molecular complexity index is 812. The standard InChI is InChI=1S/C18H14BrClN2O/c19-15-7-5-13(6-8-15)18-10-9-16(23-18)12-22-21-11-14-3-1-2-4-17(14)20/h1-10,12,21H,11H2/b22-12-. The van der Waals surface area contributed by atoms with Gasteiger partial charge in [-0.1, -0.05) is 57.9 Å². The summed E-state index contributed by atoms with van der Waals surface area (Å²) >= 11 is 9.51. The molecule has 0 unspecified atom stereocenters. The number of hydrazone groups is 1. The Kier molecular flexibility index (Phi) is 5.16. The molecule has 0 atom stereocenters. The van der Waals surface area contributed by atoms with Crippen LogP contribution >= 0.6 is 27.5 Å². The summed E-state index contributed by atoms with van der Waals surface area (Å²) in [5.74, 6) is 1.50. The van der Waals surface area contributed by atoms with Crippen molar-refractivity contribution >= 4 is 33.7 Å². The van der Waals surface area contributed by atoms with Crippen LogP contribution in [0.1, 0.15) is 11.3 Å². The lowest BCUT2D eigenvalue weighted by molar-refractivity contribution is 0.573. The average molecular weight is 390 g/mol. The van der Waals surface area contributed by atoms with Crippen LogP contribution in [0.5, 0.6) is 0 Å². The third-order valence-electron chi connectivity index (χ3n) is 3.27. The minimum atomic E-state index is 0.566. The quantitative estimate of drug-likeness (QED) is 0.463. The molecule has 0 aliphatic rings. The molecule has 2 aromatic carbocycles. The largest absolute Gasteiger partial charge is 0.455 e. The third kappa shape index (κ3) is 4.24. The molecule has 0 saturated heterocycles. The zero-order chi connectivity index (χ0) is 16.1. The second-order valence-corrected chi connectivity index (χ2v) is 6.22. The number of halogens is 2. The SMILES string of the molecule is Clc1ccccc1CN/N=C\c1ccc(-c2ccc(Br)cc2)o1. The fourth-order valence-electron chi connectivity index (χ4n) is 2.07. The van der Waals surface area contributed by atoms with Gasteiger partial charge in [0.1, 0.15) is 11.5 Å². The first-order valence-electron chi connectivity index (χ1n) is 7.07. The summed E-state index contributed by atoms with van der Waals surface area (Å²) in [6.07, 6.45) is 1.65. The van der Waals surface area contributed by atoms with Gasteiger partial charge in [-0.2, -0.15) is 5.10 Å². The van der Waals surface area contributed by atoms with Crippen molar-refractivity contribution in [2.45, 2.75) is 6.54 Å². The highest BCUT2D eigenvalue weighted by atomic mass is 79.9. The van der Waals surface area contributed by atoms with Crippen molar-refractivity contribution < 1.29 is 4.42 Å². The van der Waals surface area contributed by atoms with Gasteiger partial charge in [-0.3, -0.25) is 0 Å². The monoisotopic (exact) mass is 388 g/mol. The molecule has 0 radical (unpaired) electrons. The summed E-state index contributed by atoms with van der Waals surface area (Å²) in [5, 5.41) is 4.89. The van der Waals surface area contributed by atoms with Crippen LogP contribution in [0.2, 0.25) is 5.02 Å². The van der Waals surface area contributed by atoms with Gasteiger partial charge in [0.15, 0.2) is 0 Å². The predicted molar refractivity (Wildman–Crippen MR) is 97.7 cm³/mol. The van der Waals surface area contributed by atoms with Gasteiger partial charge in [-0.05, 0) is 35.9 Å². The van der Waals surface area contributed by atoms with Crippen molar-refractivity contribution in [3.05, 3.63) is 81.5 Å². The molecule has 1 aromatic heterocycles. The van der Waals surface area contributed by atoms with Crippen LogP contribution in [-0.4, -0.2) is 6.21 Å². The number of hydrogen-bond donors (Lipinski definition) is 1. The molecule has 3 aromatic rings. The first-order chi connectivity index (χ1) is 11.2. The molecule has 23 heavy (non-hydrogen) atoms. The normalized spacial score (nSPS) is 11.0. The highest BCUT2D eigenvalue weighted by Crippen LogP contribution is 2.23. The lowest BCUT2D eigenvalue weighted by Gasteiger charge is -2.02. The van der Waals surface area contributed by atoms with Crippen molar-refractivity contribution in [1.82, 2.24) is 5.43 Å². The zero-order valence-corrected chi connectivity index (χ0v) is 14.5. The van der Waals surface area contributed by atoms with E-state index in [1.54, 1.807) is 6.21 Å². The Morgan fingerprint density at radius 1 is 1.04 bits per heavy atom. The van der Waals surface area contributed by atoms with Crippen molar-refractivity contribution in [2.75, 3.05) is 0 Å². The van der Waals surface area contributed by atoms with Gasteiger partial charge in [0, 0.05) is 15.1 Å². The molecule has 0 aliphatic heterocycles. The van der Waals surface area contributed by atoms with Crippen molar-refractivity contribution in [2.24, 2.45) is 5.10 Å². The summed E-state index contributed by atoms with van der Waals surface area (Å²) in [5.41, 5.74) is 4.99. The van der Waals surface area contributed by atoms with E-state index in [0.717, 1.165) is 26.4 Å². The maximum absolute atomic E-state index is 6.09. The molecule has 0 aliphatic carbocycles. The number of hydrogen-bond acceptors (Lipinski definition) is 3. The average Bonchev–Trinajstić information content (AvgIpc) is 3.03. The summed E-state index contributed by atoms with van der Waals surface area (Å²) in [6.45, 7) is 0.566. The molecule has 1 N–H and O–H groups in total. The number of furan rings is 1. The van der Waals surface area contributed by atoms with Crippen LogP contribution in [0.4, 0.5) is 0 Å². The van der Waals surface area contributed by atoms with Crippen molar-refractivity contribution in [1.29, 1.82) is 0 Å². The fraction of sp³-hybridized carbons (Fsp3) is 0.0556. The van der Waals surface area contributed by atoms with Crippen LogP contribution in [0, 0.1) is 0 Å². The fourth-order valence-corrected chi connectivity index (χ4v) is 2.54. The number of benzene rings is 2. The van der Waals surface area contributed by atoms with Gasteiger partial charge in [-0.25, -0.2) is 0 Å². The minimum Gasteiger partial charge on any atom is -0.455 e. The van der Waals surface area contributed by atoms with Gasteiger partial charge in [0.25, 0.3) is 0 Å². The number of nitrogens with one attached hydrogen (secondary N) is 1. The highest BCUT2D eigenvalue weighted by Gasteiger charge is 2.03. The van der Waals surface area contributed by atoms with Crippen molar-refractivity contribution in [3.63, 3.8) is 0 Å². The molecule has 3 rings (SSSR count). The molecule has 3 nitrogen and oxygen atoms in total. The lowest BCUT2D eigenvalue weighted by Crippen LogP contribution is -2.05. The van der Waals surface area contributed by atoms with Crippen LogP contribution < -0.4 is 5.43 Å². The summed E-state index contributed by atoms with van der Waals surface area (Å²) in [6, 6.07) is 19.5. The van der Waals surface area contributed by atoms with E-state index in [9.17, 15) is 0 Å². The van der Waals surface area contributed by atoms with Gasteiger partial charge in [-0.15, -0.1) is 0 Å². The molecular formula is C18H14BrClN2O. The van der Waals surface area contributed by atoms with E-state index >= 15 is 0 Å². The van der Waals surface area contributed by atoms with Crippen LogP contribution in [-0.2, 0) is 6.54 Å². The van der Waals surface area contributed by atoms with Gasteiger partial charge >= 0.3 is 0 Å². The predicted octanol–water partition coefficient (Wildman–Crippen LogP) is 5.49. The second-order valence-electron chi connectivity index (χ2n) is 4.89. The molecule has 116 valence electrons. The zero-order valence-electron chi connectivity index (χ0n) is 12.2. The van der Waals surface area contributed by atoms with E-state index in [0.29, 0.717) is 12.3 Å².